The summed E-state index contributed by atoms with van der Waals surface area (Å²) in [5, 5.41) is 23.0. The van der Waals surface area contributed by atoms with Gasteiger partial charge in [-0.05, 0) is 19.8 Å². The number of hydrogen-bond acceptors (Lipinski definition) is 6. The highest BCUT2D eigenvalue weighted by molar-refractivity contribution is 5.28. The van der Waals surface area contributed by atoms with E-state index < -0.39 is 0 Å². The van der Waals surface area contributed by atoms with E-state index in [-0.39, 0.29) is 6.61 Å². The van der Waals surface area contributed by atoms with Crippen molar-refractivity contribution in [1.82, 2.24) is 29.4 Å². The van der Waals surface area contributed by atoms with E-state index >= 15 is 0 Å². The van der Waals surface area contributed by atoms with Crippen LogP contribution < -0.4 is 5.73 Å². The summed E-state index contributed by atoms with van der Waals surface area (Å²) in [4.78, 5) is 2.36. The highest BCUT2D eigenvalue weighted by Crippen LogP contribution is 2.34. The highest BCUT2D eigenvalue weighted by Gasteiger charge is 2.32. The van der Waals surface area contributed by atoms with Gasteiger partial charge in [-0.25, -0.2) is 0 Å². The fourth-order valence-electron chi connectivity index (χ4n) is 4.08. The van der Waals surface area contributed by atoms with Crippen LogP contribution in [0, 0.1) is 0 Å². The third-order valence-corrected chi connectivity index (χ3v) is 5.65. The Morgan fingerprint density at radius 2 is 2.08 bits per heavy atom. The Hall–Kier alpha value is -1.77. The summed E-state index contributed by atoms with van der Waals surface area (Å²) in [5.41, 5.74) is 9.17. The average molecular weight is 345 g/mol. The number of rotatable bonds is 5. The quantitative estimate of drug-likeness (QED) is 0.808. The Labute approximate surface area is 147 Å². The van der Waals surface area contributed by atoms with Crippen LogP contribution in [-0.4, -0.2) is 47.1 Å². The van der Waals surface area contributed by atoms with Crippen LogP contribution in [0.5, 0.6) is 0 Å². The molecule has 136 valence electrons. The zero-order chi connectivity index (χ0) is 17.6. The van der Waals surface area contributed by atoms with Crippen LogP contribution in [0.25, 0.3) is 0 Å². The van der Waals surface area contributed by atoms with Gasteiger partial charge in [0.05, 0.1) is 18.8 Å². The van der Waals surface area contributed by atoms with Gasteiger partial charge in [0, 0.05) is 56.3 Å². The van der Waals surface area contributed by atoms with Gasteiger partial charge in [0.15, 0.2) is 0 Å². The van der Waals surface area contributed by atoms with E-state index in [4.69, 9.17) is 5.73 Å². The Bertz CT molecular complexity index is 759. The Morgan fingerprint density at radius 3 is 2.76 bits per heavy atom. The Balaban J connectivity index is 1.49. The molecule has 8 nitrogen and oxygen atoms in total. The second-order valence-electron chi connectivity index (χ2n) is 7.27. The topological polar surface area (TPSA) is 98.0 Å². The molecule has 1 saturated carbocycles. The first-order valence-corrected chi connectivity index (χ1v) is 9.15. The van der Waals surface area contributed by atoms with Crippen molar-refractivity contribution < 1.29 is 5.11 Å². The van der Waals surface area contributed by atoms with Crippen molar-refractivity contribution in [3.05, 3.63) is 28.6 Å². The van der Waals surface area contributed by atoms with E-state index in [0.29, 0.717) is 12.0 Å². The molecular weight excluding hydrogens is 318 g/mol. The molecule has 0 radical (unpaired) electrons. The summed E-state index contributed by atoms with van der Waals surface area (Å²) in [7, 11) is 2.05. The van der Waals surface area contributed by atoms with Crippen molar-refractivity contribution in [1.29, 1.82) is 0 Å². The van der Waals surface area contributed by atoms with Gasteiger partial charge in [-0.2, -0.15) is 5.10 Å². The molecule has 3 N–H and O–H groups in total. The number of aliphatic hydroxyl groups is 1. The molecule has 0 atom stereocenters. The van der Waals surface area contributed by atoms with Gasteiger partial charge in [-0.3, -0.25) is 9.58 Å². The largest absolute Gasteiger partial charge is 0.390 e. The van der Waals surface area contributed by atoms with Crippen molar-refractivity contribution in [2.24, 2.45) is 12.8 Å². The number of aliphatic hydroxyl groups excluding tert-OH is 1. The predicted octanol–water partition coefficient (Wildman–Crippen LogP) is 0.287. The number of nitrogens with two attached hydrogens (primary N) is 1. The van der Waals surface area contributed by atoms with Crippen molar-refractivity contribution in [2.45, 2.75) is 64.4 Å². The van der Waals surface area contributed by atoms with Crippen molar-refractivity contribution in [2.75, 3.05) is 6.54 Å². The predicted molar refractivity (Wildman–Crippen MR) is 92.6 cm³/mol. The maximum atomic E-state index is 9.61. The van der Waals surface area contributed by atoms with Gasteiger partial charge in [-0.15, -0.1) is 10.2 Å². The Morgan fingerprint density at radius 1 is 1.28 bits per heavy atom. The van der Waals surface area contributed by atoms with Crippen molar-refractivity contribution >= 4 is 0 Å². The van der Waals surface area contributed by atoms with Crippen LogP contribution in [0.15, 0.2) is 0 Å². The van der Waals surface area contributed by atoms with Gasteiger partial charge in [-0.1, -0.05) is 0 Å². The summed E-state index contributed by atoms with van der Waals surface area (Å²) in [6.45, 7) is 5.48. The molecule has 0 aromatic carbocycles. The van der Waals surface area contributed by atoms with Gasteiger partial charge in [0.25, 0.3) is 0 Å². The smallest absolute Gasteiger partial charge is 0.146 e. The fraction of sp³-hybridized carbons (Fsp3) is 0.706. The first-order chi connectivity index (χ1) is 12.1. The lowest BCUT2D eigenvalue weighted by molar-refractivity contribution is 0.228. The van der Waals surface area contributed by atoms with E-state index in [1.54, 1.807) is 0 Å². The number of aryl methyl sites for hydroxylation is 1. The monoisotopic (exact) mass is 345 g/mol. The lowest BCUT2D eigenvalue weighted by Gasteiger charge is -2.31. The van der Waals surface area contributed by atoms with Crippen molar-refractivity contribution in [3.63, 3.8) is 0 Å². The molecule has 1 fully saturated rings. The van der Waals surface area contributed by atoms with E-state index in [0.717, 1.165) is 62.8 Å². The molecule has 0 amide bonds. The van der Waals surface area contributed by atoms with Crippen LogP contribution in [0.2, 0.25) is 0 Å². The molecular formula is C17H27N7O. The standard InChI is InChI=1S/C17H27N7O/c1-3-24-15-4-5-23(8-13(15)14(10-25)21-24)9-16-19-20-17(22(16)2)11-6-12(18)7-11/h11-12,25H,3-10,18H2,1-2H3. The molecule has 2 aromatic rings. The minimum atomic E-state index is -0.000777. The van der Waals surface area contributed by atoms with E-state index in [9.17, 15) is 5.11 Å². The zero-order valence-corrected chi connectivity index (χ0v) is 15.0. The van der Waals surface area contributed by atoms with Crippen LogP contribution in [0.4, 0.5) is 0 Å². The SMILES string of the molecule is CCn1nc(CO)c2c1CCN(Cc1nnc(C3CC(N)C3)n1C)C2. The summed E-state index contributed by atoms with van der Waals surface area (Å²) < 4.78 is 4.16. The molecule has 2 aromatic heterocycles. The Kier molecular flexibility index (Phi) is 4.35. The molecule has 8 heteroatoms. The number of nitrogens with zero attached hydrogens (tertiary/aromatic N) is 6. The first kappa shape index (κ1) is 16.7. The van der Waals surface area contributed by atoms with Gasteiger partial charge in [0.1, 0.15) is 11.6 Å². The second kappa shape index (κ2) is 6.51. The number of hydrogen-bond donors (Lipinski definition) is 2. The lowest BCUT2D eigenvalue weighted by Crippen LogP contribution is -2.36. The third-order valence-electron chi connectivity index (χ3n) is 5.65. The van der Waals surface area contributed by atoms with Crippen LogP contribution in [0.1, 0.15) is 54.3 Å². The number of fused-ring (bicyclic) bond motifs is 1. The summed E-state index contributed by atoms with van der Waals surface area (Å²) in [6.07, 6.45) is 2.97. The first-order valence-electron chi connectivity index (χ1n) is 9.15. The average Bonchev–Trinajstić information content (AvgIpc) is 3.12. The van der Waals surface area contributed by atoms with Gasteiger partial charge in [0.2, 0.25) is 0 Å². The third kappa shape index (κ3) is 2.88. The van der Waals surface area contributed by atoms with Crippen LogP contribution in [-0.2, 0) is 39.7 Å². The summed E-state index contributed by atoms with van der Waals surface area (Å²) in [6, 6.07) is 0.317. The lowest BCUT2D eigenvalue weighted by atomic mass is 9.80. The summed E-state index contributed by atoms with van der Waals surface area (Å²) in [5.74, 6) is 2.51. The molecule has 0 bridgehead atoms. The van der Waals surface area contributed by atoms with Gasteiger partial charge < -0.3 is 15.4 Å². The van der Waals surface area contributed by atoms with Gasteiger partial charge >= 0.3 is 0 Å². The minimum absolute atomic E-state index is 0.000777. The fourth-order valence-corrected chi connectivity index (χ4v) is 4.08. The van der Waals surface area contributed by atoms with E-state index in [2.05, 4.69) is 38.7 Å². The van der Waals surface area contributed by atoms with E-state index in [1.165, 1.54) is 11.3 Å². The van der Waals surface area contributed by atoms with Crippen LogP contribution >= 0.6 is 0 Å². The maximum absolute atomic E-state index is 9.61. The van der Waals surface area contributed by atoms with Crippen LogP contribution in [0.3, 0.4) is 0 Å². The molecule has 3 heterocycles. The molecule has 1 aliphatic carbocycles. The van der Waals surface area contributed by atoms with Crippen molar-refractivity contribution in [3.8, 4) is 0 Å². The molecule has 25 heavy (non-hydrogen) atoms. The highest BCUT2D eigenvalue weighted by atomic mass is 16.3. The normalized spacial score (nSPS) is 23.5. The van der Waals surface area contributed by atoms with E-state index in [1.807, 2.05) is 4.68 Å². The molecule has 1 aliphatic heterocycles. The summed E-state index contributed by atoms with van der Waals surface area (Å²) >= 11 is 0. The molecule has 2 aliphatic rings. The molecule has 0 unspecified atom stereocenters. The minimum Gasteiger partial charge on any atom is -0.390 e. The zero-order valence-electron chi connectivity index (χ0n) is 15.0. The molecule has 0 spiro atoms. The molecule has 0 saturated heterocycles. The molecule has 4 rings (SSSR count). The maximum Gasteiger partial charge on any atom is 0.146 e. The number of aromatic nitrogens is 5. The second-order valence-corrected chi connectivity index (χ2v) is 7.27.